The van der Waals surface area contributed by atoms with Crippen LogP contribution in [0.1, 0.15) is 41.0 Å². The first-order valence-electron chi connectivity index (χ1n) is 10.4. The van der Waals surface area contributed by atoms with Gasteiger partial charge in [-0.3, -0.25) is 9.80 Å². The molecule has 0 amide bonds. The van der Waals surface area contributed by atoms with Gasteiger partial charge in [-0.15, -0.1) is 0 Å². The largest absolute Gasteiger partial charge is 0.379 e. The van der Waals surface area contributed by atoms with Gasteiger partial charge in [0.05, 0.1) is 13.2 Å². The second kappa shape index (κ2) is 9.01. The Hall–Kier alpha value is -1.68. The van der Waals surface area contributed by atoms with Crippen LogP contribution in [0.25, 0.3) is 0 Å². The van der Waals surface area contributed by atoms with Crippen molar-refractivity contribution in [2.75, 3.05) is 39.4 Å². The van der Waals surface area contributed by atoms with Crippen molar-refractivity contribution in [1.29, 1.82) is 0 Å². The van der Waals surface area contributed by atoms with Crippen LogP contribution < -0.4 is 0 Å². The molecule has 4 rings (SSSR count). The molecule has 3 heteroatoms. The van der Waals surface area contributed by atoms with Crippen LogP contribution in [0.5, 0.6) is 0 Å². The molecule has 0 spiro atoms. The molecule has 2 aromatic rings. The molecule has 2 heterocycles. The van der Waals surface area contributed by atoms with E-state index in [1.54, 1.807) is 0 Å². The van der Waals surface area contributed by atoms with E-state index in [4.69, 9.17) is 4.74 Å². The van der Waals surface area contributed by atoms with E-state index in [1.165, 1.54) is 48.2 Å². The molecule has 27 heavy (non-hydrogen) atoms. The first-order chi connectivity index (χ1) is 13.3. The fourth-order valence-electron chi connectivity index (χ4n) is 4.42. The lowest BCUT2D eigenvalue weighted by Crippen LogP contribution is -2.35. The predicted molar refractivity (Wildman–Crippen MR) is 111 cm³/mol. The van der Waals surface area contributed by atoms with Gasteiger partial charge in [0.25, 0.3) is 0 Å². The zero-order valence-electron chi connectivity index (χ0n) is 16.6. The topological polar surface area (TPSA) is 15.7 Å². The molecule has 0 N–H and O–H groups in total. The summed E-state index contributed by atoms with van der Waals surface area (Å²) in [4.78, 5) is 5.13. The van der Waals surface area contributed by atoms with Crippen molar-refractivity contribution in [3.8, 4) is 0 Å². The summed E-state index contributed by atoms with van der Waals surface area (Å²) in [6.45, 7) is 10.6. The Morgan fingerprint density at radius 2 is 1.59 bits per heavy atom. The Kier molecular flexibility index (Phi) is 6.23. The summed E-state index contributed by atoms with van der Waals surface area (Å²) in [6.07, 6.45) is 2.54. The number of benzene rings is 2. The highest BCUT2D eigenvalue weighted by Gasteiger charge is 2.21. The van der Waals surface area contributed by atoms with Crippen molar-refractivity contribution < 1.29 is 4.74 Å². The number of likely N-dealkylation sites (tertiary alicyclic amines) is 1. The molecule has 0 aliphatic carbocycles. The van der Waals surface area contributed by atoms with Gasteiger partial charge in [0.2, 0.25) is 0 Å². The molecular formula is C24H32N2O. The fraction of sp³-hybridized carbons (Fsp3) is 0.500. The third-order valence-electron chi connectivity index (χ3n) is 6.18. The van der Waals surface area contributed by atoms with Crippen molar-refractivity contribution in [2.45, 2.75) is 38.8 Å². The number of morpholine rings is 1. The maximum absolute atomic E-state index is 5.47. The second-order valence-corrected chi connectivity index (χ2v) is 8.11. The number of rotatable bonds is 5. The van der Waals surface area contributed by atoms with Gasteiger partial charge in [0.15, 0.2) is 0 Å². The van der Waals surface area contributed by atoms with Gasteiger partial charge in [-0.05, 0) is 61.0 Å². The Morgan fingerprint density at radius 1 is 0.852 bits per heavy atom. The van der Waals surface area contributed by atoms with Crippen LogP contribution in [0.15, 0.2) is 48.5 Å². The minimum absolute atomic E-state index is 0.711. The van der Waals surface area contributed by atoms with E-state index in [1.807, 2.05) is 0 Å². The molecule has 2 aliphatic heterocycles. The van der Waals surface area contributed by atoms with Gasteiger partial charge in [-0.25, -0.2) is 0 Å². The Bertz CT molecular complexity index is 731. The minimum Gasteiger partial charge on any atom is -0.379 e. The highest BCUT2D eigenvalue weighted by atomic mass is 16.5. The van der Waals surface area contributed by atoms with E-state index < -0.39 is 0 Å². The molecule has 2 aliphatic rings. The molecule has 0 unspecified atom stereocenters. The normalized spacial score (nSPS) is 20.0. The van der Waals surface area contributed by atoms with E-state index in [0.29, 0.717) is 5.92 Å². The zero-order valence-corrected chi connectivity index (χ0v) is 16.6. The molecule has 0 radical (unpaired) electrons. The lowest BCUT2D eigenvalue weighted by molar-refractivity contribution is 0.0342. The first-order valence-corrected chi connectivity index (χ1v) is 10.4. The van der Waals surface area contributed by atoms with Crippen LogP contribution in [0, 0.1) is 6.92 Å². The fourth-order valence-corrected chi connectivity index (χ4v) is 4.42. The summed E-state index contributed by atoms with van der Waals surface area (Å²) in [5.41, 5.74) is 5.88. The molecule has 144 valence electrons. The zero-order chi connectivity index (χ0) is 18.5. The molecule has 2 fully saturated rings. The van der Waals surface area contributed by atoms with E-state index in [2.05, 4.69) is 65.3 Å². The van der Waals surface area contributed by atoms with E-state index in [-0.39, 0.29) is 0 Å². The maximum atomic E-state index is 5.47. The van der Waals surface area contributed by atoms with Crippen molar-refractivity contribution in [3.63, 3.8) is 0 Å². The number of ether oxygens (including phenoxy) is 1. The SMILES string of the molecule is Cc1ccccc1CN1CCC(c2cccc(CN3CCOCC3)c2)CC1. The van der Waals surface area contributed by atoms with E-state index in [9.17, 15) is 0 Å². The van der Waals surface area contributed by atoms with Crippen LogP contribution in [-0.4, -0.2) is 49.2 Å². The van der Waals surface area contributed by atoms with Gasteiger partial charge in [-0.2, -0.15) is 0 Å². The standard InChI is InChI=1S/C24H32N2O/c1-20-5-2-3-7-24(20)19-25-11-9-22(10-12-25)23-8-4-6-21(17-23)18-26-13-15-27-16-14-26/h2-8,17,22H,9-16,18-19H2,1H3. The molecule has 2 saturated heterocycles. The third kappa shape index (κ3) is 4.98. The van der Waals surface area contributed by atoms with Crippen LogP contribution in [0.3, 0.4) is 0 Å². The highest BCUT2D eigenvalue weighted by Crippen LogP contribution is 2.29. The molecule has 0 saturated carbocycles. The number of hydrogen-bond donors (Lipinski definition) is 0. The Labute approximate surface area is 163 Å². The van der Waals surface area contributed by atoms with Crippen LogP contribution in [0.4, 0.5) is 0 Å². The lowest BCUT2D eigenvalue weighted by Gasteiger charge is -2.33. The van der Waals surface area contributed by atoms with E-state index in [0.717, 1.165) is 39.4 Å². The summed E-state index contributed by atoms with van der Waals surface area (Å²) in [5.74, 6) is 0.711. The monoisotopic (exact) mass is 364 g/mol. The molecule has 0 aromatic heterocycles. The molecular weight excluding hydrogens is 332 g/mol. The summed E-state index contributed by atoms with van der Waals surface area (Å²) < 4.78 is 5.47. The molecule has 3 nitrogen and oxygen atoms in total. The van der Waals surface area contributed by atoms with Gasteiger partial charge < -0.3 is 4.74 Å². The second-order valence-electron chi connectivity index (χ2n) is 8.11. The number of nitrogens with zero attached hydrogens (tertiary/aromatic N) is 2. The molecule has 2 aromatic carbocycles. The molecule has 0 bridgehead atoms. The highest BCUT2D eigenvalue weighted by molar-refractivity contribution is 5.28. The van der Waals surface area contributed by atoms with Crippen molar-refractivity contribution >= 4 is 0 Å². The quantitative estimate of drug-likeness (QED) is 0.790. The van der Waals surface area contributed by atoms with Gasteiger partial charge >= 0.3 is 0 Å². The maximum Gasteiger partial charge on any atom is 0.0594 e. The lowest BCUT2D eigenvalue weighted by atomic mass is 9.88. The van der Waals surface area contributed by atoms with Gasteiger partial charge in [-0.1, -0.05) is 48.5 Å². The van der Waals surface area contributed by atoms with Crippen molar-refractivity contribution in [1.82, 2.24) is 9.80 Å². The third-order valence-corrected chi connectivity index (χ3v) is 6.18. The number of piperidine rings is 1. The van der Waals surface area contributed by atoms with Crippen molar-refractivity contribution in [3.05, 3.63) is 70.8 Å². The molecule has 0 atom stereocenters. The predicted octanol–water partition coefficient (Wildman–Crippen LogP) is 4.21. The van der Waals surface area contributed by atoms with E-state index >= 15 is 0 Å². The van der Waals surface area contributed by atoms with Crippen molar-refractivity contribution in [2.24, 2.45) is 0 Å². The summed E-state index contributed by atoms with van der Waals surface area (Å²) >= 11 is 0. The summed E-state index contributed by atoms with van der Waals surface area (Å²) in [5, 5.41) is 0. The average Bonchev–Trinajstić information content (AvgIpc) is 2.71. The Morgan fingerprint density at radius 3 is 2.37 bits per heavy atom. The van der Waals surface area contributed by atoms with Gasteiger partial charge in [0, 0.05) is 26.2 Å². The number of hydrogen-bond acceptors (Lipinski definition) is 3. The van der Waals surface area contributed by atoms with Gasteiger partial charge in [0.1, 0.15) is 0 Å². The first kappa shape index (κ1) is 18.7. The minimum atomic E-state index is 0.711. The van der Waals surface area contributed by atoms with Crippen LogP contribution in [-0.2, 0) is 17.8 Å². The summed E-state index contributed by atoms with van der Waals surface area (Å²) in [6, 6.07) is 18.1. The average molecular weight is 365 g/mol. The van der Waals surface area contributed by atoms with Crippen LogP contribution in [0.2, 0.25) is 0 Å². The van der Waals surface area contributed by atoms with Crippen LogP contribution >= 0.6 is 0 Å². The smallest absolute Gasteiger partial charge is 0.0594 e. The summed E-state index contributed by atoms with van der Waals surface area (Å²) in [7, 11) is 0. The number of aryl methyl sites for hydroxylation is 1. The Balaban J connectivity index is 1.32.